The Hall–Kier alpha value is -1.58. The van der Waals surface area contributed by atoms with Crippen LogP contribution in [0.3, 0.4) is 0 Å². The Labute approximate surface area is 100 Å². The highest BCUT2D eigenvalue weighted by Gasteiger charge is 2.37. The summed E-state index contributed by atoms with van der Waals surface area (Å²) < 4.78 is 13.4. The van der Waals surface area contributed by atoms with Gasteiger partial charge in [0, 0.05) is 11.7 Å². The van der Waals surface area contributed by atoms with Crippen LogP contribution >= 0.6 is 0 Å². The van der Waals surface area contributed by atoms with E-state index in [1.165, 1.54) is 18.2 Å². The van der Waals surface area contributed by atoms with Gasteiger partial charge < -0.3 is 11.1 Å². The van der Waals surface area contributed by atoms with Crippen LogP contribution < -0.4 is 11.1 Å². The lowest BCUT2D eigenvalue weighted by Crippen LogP contribution is -2.27. The largest absolute Gasteiger partial charge is 0.399 e. The Balaban J connectivity index is 1.98. The SMILES string of the molecule is CCCC1CC1NC(=O)c1cc(N)ccc1F. The van der Waals surface area contributed by atoms with E-state index in [1.54, 1.807) is 0 Å². The zero-order chi connectivity index (χ0) is 12.4. The maximum Gasteiger partial charge on any atom is 0.254 e. The summed E-state index contributed by atoms with van der Waals surface area (Å²) in [4.78, 5) is 11.8. The van der Waals surface area contributed by atoms with E-state index in [2.05, 4.69) is 12.2 Å². The summed E-state index contributed by atoms with van der Waals surface area (Å²) in [5.41, 5.74) is 5.97. The molecule has 0 saturated heterocycles. The summed E-state index contributed by atoms with van der Waals surface area (Å²) in [5.74, 6) is -0.323. The van der Waals surface area contributed by atoms with Crippen LogP contribution in [-0.2, 0) is 0 Å². The van der Waals surface area contributed by atoms with Crippen molar-refractivity contribution in [1.29, 1.82) is 0 Å². The normalized spacial score (nSPS) is 22.2. The van der Waals surface area contributed by atoms with Crippen LogP contribution in [-0.4, -0.2) is 11.9 Å². The highest BCUT2D eigenvalue weighted by Crippen LogP contribution is 2.34. The molecule has 2 unspecified atom stereocenters. The van der Waals surface area contributed by atoms with Gasteiger partial charge >= 0.3 is 0 Å². The first-order valence-electron chi connectivity index (χ1n) is 5.97. The molecule has 0 aliphatic heterocycles. The molecule has 1 aliphatic carbocycles. The molecular formula is C13H17FN2O. The Bertz CT molecular complexity index is 433. The van der Waals surface area contributed by atoms with Crippen molar-refractivity contribution in [1.82, 2.24) is 5.32 Å². The molecule has 17 heavy (non-hydrogen) atoms. The first-order chi connectivity index (χ1) is 8.11. The zero-order valence-electron chi connectivity index (χ0n) is 9.87. The van der Waals surface area contributed by atoms with Crippen LogP contribution in [0.15, 0.2) is 18.2 Å². The summed E-state index contributed by atoms with van der Waals surface area (Å²) in [6.45, 7) is 2.12. The number of anilines is 1. The third-order valence-electron chi connectivity index (χ3n) is 3.13. The van der Waals surface area contributed by atoms with Gasteiger partial charge in [-0.2, -0.15) is 0 Å². The fraction of sp³-hybridized carbons (Fsp3) is 0.462. The van der Waals surface area contributed by atoms with Crippen LogP contribution in [0.5, 0.6) is 0 Å². The Morgan fingerprint density at radius 3 is 3.06 bits per heavy atom. The molecule has 0 heterocycles. The second-order valence-corrected chi connectivity index (χ2v) is 4.60. The number of benzene rings is 1. The molecule has 2 atom stereocenters. The van der Waals surface area contributed by atoms with Gasteiger partial charge in [-0.05, 0) is 37.0 Å². The molecule has 3 nitrogen and oxygen atoms in total. The molecule has 1 fully saturated rings. The van der Waals surface area contributed by atoms with E-state index in [-0.39, 0.29) is 17.5 Å². The Kier molecular flexibility index (Phi) is 3.31. The van der Waals surface area contributed by atoms with Crippen molar-refractivity contribution >= 4 is 11.6 Å². The maximum absolute atomic E-state index is 13.4. The number of halogens is 1. The van der Waals surface area contributed by atoms with Gasteiger partial charge in [-0.3, -0.25) is 4.79 Å². The third-order valence-corrected chi connectivity index (χ3v) is 3.13. The molecule has 1 aromatic rings. The minimum atomic E-state index is -0.524. The number of hydrogen-bond donors (Lipinski definition) is 2. The van der Waals surface area contributed by atoms with E-state index >= 15 is 0 Å². The predicted octanol–water partition coefficient (Wildman–Crippen LogP) is 2.33. The predicted molar refractivity (Wildman–Crippen MR) is 65.1 cm³/mol. The fourth-order valence-corrected chi connectivity index (χ4v) is 2.08. The quantitative estimate of drug-likeness (QED) is 0.788. The molecule has 1 saturated carbocycles. The van der Waals surface area contributed by atoms with Crippen LogP contribution in [0.25, 0.3) is 0 Å². The average Bonchev–Trinajstić information content (AvgIpc) is 3.00. The van der Waals surface area contributed by atoms with Gasteiger partial charge in [0.05, 0.1) is 5.56 Å². The van der Waals surface area contributed by atoms with E-state index < -0.39 is 5.82 Å². The Morgan fingerprint density at radius 1 is 1.59 bits per heavy atom. The molecule has 3 N–H and O–H groups in total. The van der Waals surface area contributed by atoms with Crippen LogP contribution in [0.4, 0.5) is 10.1 Å². The first kappa shape index (κ1) is 11.9. The molecule has 0 bridgehead atoms. The third kappa shape index (κ3) is 2.75. The topological polar surface area (TPSA) is 55.1 Å². The van der Waals surface area contributed by atoms with Gasteiger partial charge in [0.25, 0.3) is 5.91 Å². The first-order valence-corrected chi connectivity index (χ1v) is 5.97. The lowest BCUT2D eigenvalue weighted by atomic mass is 10.1. The number of carbonyl (C=O) groups excluding carboxylic acids is 1. The van der Waals surface area contributed by atoms with Gasteiger partial charge in [-0.15, -0.1) is 0 Å². The van der Waals surface area contributed by atoms with E-state index in [0.29, 0.717) is 11.6 Å². The lowest BCUT2D eigenvalue weighted by Gasteiger charge is -2.06. The Morgan fingerprint density at radius 2 is 2.35 bits per heavy atom. The van der Waals surface area contributed by atoms with Crippen molar-refractivity contribution in [2.45, 2.75) is 32.2 Å². The molecule has 2 rings (SSSR count). The minimum Gasteiger partial charge on any atom is -0.399 e. The van der Waals surface area contributed by atoms with E-state index in [0.717, 1.165) is 19.3 Å². The summed E-state index contributed by atoms with van der Waals surface area (Å²) in [5, 5.41) is 2.84. The van der Waals surface area contributed by atoms with Crippen molar-refractivity contribution < 1.29 is 9.18 Å². The monoisotopic (exact) mass is 236 g/mol. The number of hydrogen-bond acceptors (Lipinski definition) is 2. The number of nitrogens with one attached hydrogen (secondary N) is 1. The zero-order valence-corrected chi connectivity index (χ0v) is 9.87. The van der Waals surface area contributed by atoms with Crippen molar-refractivity contribution in [3.8, 4) is 0 Å². The van der Waals surface area contributed by atoms with Crippen molar-refractivity contribution in [3.05, 3.63) is 29.6 Å². The van der Waals surface area contributed by atoms with E-state index in [4.69, 9.17) is 5.73 Å². The highest BCUT2D eigenvalue weighted by molar-refractivity contribution is 5.95. The summed E-state index contributed by atoms with van der Waals surface area (Å²) in [7, 11) is 0. The summed E-state index contributed by atoms with van der Waals surface area (Å²) in [6, 6.07) is 4.26. The molecule has 1 amide bonds. The van der Waals surface area contributed by atoms with Crippen molar-refractivity contribution in [2.75, 3.05) is 5.73 Å². The van der Waals surface area contributed by atoms with Gasteiger partial charge in [0.1, 0.15) is 5.82 Å². The molecule has 0 radical (unpaired) electrons. The standard InChI is InChI=1S/C13H17FN2O/c1-2-3-8-6-12(8)16-13(17)10-7-9(15)4-5-11(10)14/h4-5,7-8,12H,2-3,6,15H2,1H3,(H,16,17). The molecule has 92 valence electrons. The number of carbonyl (C=O) groups is 1. The molecule has 1 aliphatic rings. The fourth-order valence-electron chi connectivity index (χ4n) is 2.08. The highest BCUT2D eigenvalue weighted by atomic mass is 19.1. The van der Waals surface area contributed by atoms with Crippen molar-refractivity contribution in [3.63, 3.8) is 0 Å². The van der Waals surface area contributed by atoms with E-state index in [1.807, 2.05) is 0 Å². The lowest BCUT2D eigenvalue weighted by molar-refractivity contribution is 0.0945. The number of nitrogens with two attached hydrogens (primary N) is 1. The second kappa shape index (κ2) is 4.73. The summed E-state index contributed by atoms with van der Waals surface area (Å²) in [6.07, 6.45) is 3.23. The van der Waals surface area contributed by atoms with Crippen LogP contribution in [0.1, 0.15) is 36.5 Å². The van der Waals surface area contributed by atoms with Gasteiger partial charge in [-0.25, -0.2) is 4.39 Å². The van der Waals surface area contributed by atoms with Gasteiger partial charge in [-0.1, -0.05) is 13.3 Å². The van der Waals surface area contributed by atoms with Gasteiger partial charge in [0.2, 0.25) is 0 Å². The molecule has 1 aromatic carbocycles. The number of amides is 1. The average molecular weight is 236 g/mol. The molecule has 4 heteroatoms. The molecule has 0 spiro atoms. The molecular weight excluding hydrogens is 219 g/mol. The van der Waals surface area contributed by atoms with Crippen LogP contribution in [0, 0.1) is 11.7 Å². The number of nitrogen functional groups attached to an aromatic ring is 1. The maximum atomic E-state index is 13.4. The van der Waals surface area contributed by atoms with Crippen molar-refractivity contribution in [2.24, 2.45) is 5.92 Å². The summed E-state index contributed by atoms with van der Waals surface area (Å²) >= 11 is 0. The smallest absolute Gasteiger partial charge is 0.254 e. The van der Waals surface area contributed by atoms with Gasteiger partial charge in [0.15, 0.2) is 0 Å². The molecule has 0 aromatic heterocycles. The van der Waals surface area contributed by atoms with Crippen LogP contribution in [0.2, 0.25) is 0 Å². The van der Waals surface area contributed by atoms with E-state index in [9.17, 15) is 9.18 Å². The second-order valence-electron chi connectivity index (χ2n) is 4.60. The number of rotatable bonds is 4. The minimum absolute atomic E-state index is 0.0344.